The molecule has 3 N–H and O–H groups in total. The first-order valence-corrected chi connectivity index (χ1v) is 11.8. The summed E-state index contributed by atoms with van der Waals surface area (Å²) >= 11 is 0. The summed E-state index contributed by atoms with van der Waals surface area (Å²) in [5, 5.41) is 23.0. The van der Waals surface area contributed by atoms with Crippen LogP contribution in [-0.2, 0) is 7.05 Å². The molecule has 9 nitrogen and oxygen atoms in total. The van der Waals surface area contributed by atoms with Crippen molar-refractivity contribution in [1.82, 2.24) is 15.1 Å². The Balaban J connectivity index is 1.40. The standard InChI is InChI=1S/C26H25FN6O3/c1-31-14-17-19(30-31)9-10-20(25(17)32-13-15-11-16(32)12-28-15)29-26(34)22-7-4-6-21(33(22)35)24-18(27)5-3-8-23(24)36-2/h3-10,14-16,28H,11-13H2,1-2H3,(H-,29,34,35)/p+1/t15-,16-/m1/s1. The number of pyridine rings is 1. The fourth-order valence-electron chi connectivity index (χ4n) is 5.41. The molecule has 0 saturated carbocycles. The number of anilines is 2. The zero-order valence-corrected chi connectivity index (χ0v) is 19.9. The lowest BCUT2D eigenvalue weighted by Crippen LogP contribution is -2.44. The maximum atomic E-state index is 14.7. The molecule has 1 amide bonds. The maximum Gasteiger partial charge on any atom is 0.325 e. The fraction of sp³-hybridized carbons (Fsp3) is 0.269. The number of benzene rings is 2. The number of aryl methyl sites for hydroxylation is 1. The molecule has 2 aromatic carbocycles. The molecule has 2 fully saturated rings. The monoisotopic (exact) mass is 489 g/mol. The molecule has 2 aliphatic heterocycles. The highest BCUT2D eigenvalue weighted by Gasteiger charge is 2.39. The minimum Gasteiger partial charge on any atom is -0.496 e. The number of methoxy groups -OCH3 is 1. The summed E-state index contributed by atoms with van der Waals surface area (Å²) in [5.41, 5.74) is 2.51. The summed E-state index contributed by atoms with van der Waals surface area (Å²) in [4.78, 5) is 15.8. The first-order valence-electron chi connectivity index (χ1n) is 11.8. The fourth-order valence-corrected chi connectivity index (χ4v) is 5.41. The summed E-state index contributed by atoms with van der Waals surface area (Å²) in [6.45, 7) is 1.72. The van der Waals surface area contributed by atoms with E-state index in [0.29, 0.717) is 22.5 Å². The lowest BCUT2D eigenvalue weighted by atomic mass is 10.1. The van der Waals surface area contributed by atoms with Crippen LogP contribution in [0.2, 0.25) is 0 Å². The number of hydrogen-bond acceptors (Lipinski definition) is 6. The van der Waals surface area contributed by atoms with Gasteiger partial charge in [0.15, 0.2) is 0 Å². The Morgan fingerprint density at radius 2 is 2.08 bits per heavy atom. The first-order chi connectivity index (χ1) is 17.4. The topological polar surface area (TPSA) is 95.5 Å². The van der Waals surface area contributed by atoms with E-state index in [1.165, 1.54) is 31.4 Å². The molecule has 2 saturated heterocycles. The summed E-state index contributed by atoms with van der Waals surface area (Å²) < 4.78 is 22.5. The van der Waals surface area contributed by atoms with E-state index >= 15 is 0 Å². The predicted molar refractivity (Wildman–Crippen MR) is 132 cm³/mol. The predicted octanol–water partition coefficient (Wildman–Crippen LogP) is 2.72. The molecule has 2 aromatic heterocycles. The van der Waals surface area contributed by atoms with E-state index < -0.39 is 11.7 Å². The van der Waals surface area contributed by atoms with Crippen LogP contribution < -0.4 is 25.0 Å². The second-order valence-electron chi connectivity index (χ2n) is 9.22. The number of piperazine rings is 1. The Bertz CT molecular complexity index is 1500. The van der Waals surface area contributed by atoms with Gasteiger partial charge < -0.3 is 20.3 Å². The molecule has 10 heteroatoms. The van der Waals surface area contributed by atoms with Crippen molar-refractivity contribution in [2.45, 2.75) is 18.5 Å². The SMILES string of the molecule is COc1cccc(F)c1-c1cccc(C(=O)Nc2ccc3nn(C)cc3c2N2C[C@H]3C[C@@H]2CN3)[n+]1O. The largest absolute Gasteiger partial charge is 0.496 e. The van der Waals surface area contributed by atoms with Crippen LogP contribution in [0.4, 0.5) is 15.8 Å². The van der Waals surface area contributed by atoms with Gasteiger partial charge in [-0.05, 0) is 36.8 Å². The number of hydrogen-bond donors (Lipinski definition) is 3. The van der Waals surface area contributed by atoms with Crippen LogP contribution in [-0.4, -0.2) is 53.2 Å². The number of ether oxygens (including phenoxy) is 1. The van der Waals surface area contributed by atoms with Gasteiger partial charge in [-0.15, -0.1) is 0 Å². The van der Waals surface area contributed by atoms with E-state index in [9.17, 15) is 14.4 Å². The number of nitrogens with zero attached hydrogens (tertiary/aromatic N) is 4. The van der Waals surface area contributed by atoms with Gasteiger partial charge in [-0.25, -0.2) is 4.39 Å². The molecule has 4 heterocycles. The summed E-state index contributed by atoms with van der Waals surface area (Å²) in [5.74, 6) is -0.851. The highest BCUT2D eigenvalue weighted by molar-refractivity contribution is 6.08. The first kappa shape index (κ1) is 22.3. The molecule has 0 aliphatic carbocycles. The van der Waals surface area contributed by atoms with Crippen LogP contribution >= 0.6 is 0 Å². The molecule has 184 valence electrons. The van der Waals surface area contributed by atoms with E-state index in [1.807, 2.05) is 25.4 Å². The maximum absolute atomic E-state index is 14.7. The van der Waals surface area contributed by atoms with Crippen LogP contribution in [0.5, 0.6) is 5.75 Å². The van der Waals surface area contributed by atoms with Crippen LogP contribution in [0.25, 0.3) is 22.2 Å². The second-order valence-corrected chi connectivity index (χ2v) is 9.22. The Morgan fingerprint density at radius 3 is 2.83 bits per heavy atom. The number of halogens is 1. The van der Waals surface area contributed by atoms with Crippen molar-refractivity contribution in [2.24, 2.45) is 7.05 Å². The number of carbonyl (C=O) groups excluding carboxylic acids is 1. The van der Waals surface area contributed by atoms with Gasteiger partial charge in [0.2, 0.25) is 0 Å². The van der Waals surface area contributed by atoms with E-state index in [1.54, 1.807) is 16.8 Å². The zero-order chi connectivity index (χ0) is 25.0. The molecule has 0 unspecified atom stereocenters. The van der Waals surface area contributed by atoms with E-state index in [4.69, 9.17) is 4.74 Å². The zero-order valence-electron chi connectivity index (χ0n) is 19.9. The third kappa shape index (κ3) is 3.53. The third-order valence-electron chi connectivity index (χ3n) is 7.02. The average Bonchev–Trinajstić information content (AvgIpc) is 3.59. The van der Waals surface area contributed by atoms with Gasteiger partial charge in [0.05, 0.1) is 24.0 Å². The van der Waals surface area contributed by atoms with Crippen molar-refractivity contribution in [2.75, 3.05) is 30.4 Å². The molecule has 2 aliphatic rings. The summed E-state index contributed by atoms with van der Waals surface area (Å²) in [7, 11) is 3.30. The van der Waals surface area contributed by atoms with Gasteiger partial charge in [-0.2, -0.15) is 5.10 Å². The molecule has 0 spiro atoms. The number of carbonyl (C=O) groups is 1. The third-order valence-corrected chi connectivity index (χ3v) is 7.02. The van der Waals surface area contributed by atoms with Crippen molar-refractivity contribution in [3.63, 3.8) is 0 Å². The minimum absolute atomic E-state index is 0.0420. The Morgan fingerprint density at radius 1 is 1.25 bits per heavy atom. The van der Waals surface area contributed by atoms with Crippen molar-refractivity contribution >= 4 is 28.2 Å². The summed E-state index contributed by atoms with van der Waals surface area (Å²) in [6.07, 6.45) is 3.00. The van der Waals surface area contributed by atoms with Crippen LogP contribution in [0.1, 0.15) is 16.9 Å². The van der Waals surface area contributed by atoms with Gasteiger partial charge in [0.25, 0.3) is 5.69 Å². The number of nitrogens with one attached hydrogen (secondary N) is 2. The van der Waals surface area contributed by atoms with Gasteiger partial charge in [0.1, 0.15) is 17.1 Å². The van der Waals surface area contributed by atoms with Crippen molar-refractivity contribution in [1.29, 1.82) is 0 Å². The molecule has 6 rings (SSSR count). The van der Waals surface area contributed by atoms with Crippen molar-refractivity contribution in [3.05, 3.63) is 66.2 Å². The molecule has 2 atom stereocenters. The Kier molecular flexibility index (Phi) is 5.26. The van der Waals surface area contributed by atoms with Gasteiger partial charge in [0, 0.05) is 60.7 Å². The number of amides is 1. The Labute approximate surface area is 206 Å². The molecule has 4 aromatic rings. The van der Waals surface area contributed by atoms with Crippen LogP contribution in [0.3, 0.4) is 0 Å². The highest BCUT2D eigenvalue weighted by atomic mass is 19.1. The summed E-state index contributed by atoms with van der Waals surface area (Å²) in [6, 6.07) is 13.5. The lowest BCUT2D eigenvalue weighted by Gasteiger charge is -2.31. The van der Waals surface area contributed by atoms with Crippen LogP contribution in [0.15, 0.2) is 54.7 Å². The lowest BCUT2D eigenvalue weighted by molar-refractivity contribution is -0.897. The van der Waals surface area contributed by atoms with Gasteiger partial charge in [-0.1, -0.05) is 6.07 Å². The number of aromatic nitrogens is 3. The molecular formula is C26H26FN6O3+. The average molecular weight is 490 g/mol. The van der Waals surface area contributed by atoms with E-state index in [0.717, 1.165) is 36.1 Å². The quantitative estimate of drug-likeness (QED) is 0.295. The highest BCUT2D eigenvalue weighted by Crippen LogP contribution is 2.40. The molecule has 2 bridgehead atoms. The second kappa shape index (κ2) is 8.49. The number of fused-ring (bicyclic) bond motifs is 3. The van der Waals surface area contributed by atoms with Gasteiger partial charge in [-0.3, -0.25) is 14.7 Å². The molecule has 36 heavy (non-hydrogen) atoms. The molecule has 0 radical (unpaired) electrons. The Hall–Kier alpha value is -4.18. The van der Waals surface area contributed by atoms with E-state index in [-0.39, 0.29) is 22.7 Å². The molecular weight excluding hydrogens is 463 g/mol. The minimum atomic E-state index is -0.572. The van der Waals surface area contributed by atoms with Gasteiger partial charge >= 0.3 is 11.6 Å². The number of rotatable bonds is 5. The normalized spacial score (nSPS) is 18.7. The van der Waals surface area contributed by atoms with E-state index in [2.05, 4.69) is 20.6 Å². The van der Waals surface area contributed by atoms with Crippen molar-refractivity contribution in [3.8, 4) is 17.0 Å². The van der Waals surface area contributed by atoms with Crippen LogP contribution in [0, 0.1) is 5.82 Å². The van der Waals surface area contributed by atoms with Crippen molar-refractivity contribution < 1.29 is 23.9 Å². The smallest absolute Gasteiger partial charge is 0.325 e.